The molecule has 3 aromatic rings. The largest absolute Gasteiger partial charge is 0.302 e. The number of benzene rings is 1. The van der Waals surface area contributed by atoms with Crippen molar-refractivity contribution in [3.05, 3.63) is 45.9 Å². The molecule has 0 amide bonds. The van der Waals surface area contributed by atoms with E-state index in [0.717, 1.165) is 11.5 Å². The number of aromatic amines is 1. The van der Waals surface area contributed by atoms with E-state index in [-0.39, 0.29) is 16.9 Å². The average molecular weight is 274 g/mol. The van der Waals surface area contributed by atoms with Crippen molar-refractivity contribution in [2.75, 3.05) is 0 Å². The Morgan fingerprint density at radius 1 is 1.42 bits per heavy atom. The average Bonchev–Trinajstić information content (AvgIpc) is 3.03. The van der Waals surface area contributed by atoms with Crippen LogP contribution >= 0.6 is 11.5 Å². The van der Waals surface area contributed by atoms with Crippen molar-refractivity contribution in [3.8, 4) is 0 Å². The van der Waals surface area contributed by atoms with Crippen molar-refractivity contribution in [2.24, 2.45) is 0 Å². The molecule has 0 aliphatic rings. The van der Waals surface area contributed by atoms with Crippen LogP contribution in [-0.4, -0.2) is 25.2 Å². The Kier molecular flexibility index (Phi) is 2.75. The second-order valence-corrected chi connectivity index (χ2v) is 4.75. The molecule has 2 heterocycles. The van der Waals surface area contributed by atoms with Crippen LogP contribution in [0.3, 0.4) is 0 Å². The zero-order chi connectivity index (χ0) is 13.4. The molecule has 0 saturated carbocycles. The first-order chi connectivity index (χ1) is 9.22. The number of nitrogens with one attached hydrogen (secondary N) is 1. The van der Waals surface area contributed by atoms with Crippen LogP contribution in [0.2, 0.25) is 0 Å². The van der Waals surface area contributed by atoms with Crippen LogP contribution in [-0.2, 0) is 6.54 Å². The Bertz CT molecular complexity index is 814. The highest BCUT2D eigenvalue weighted by molar-refractivity contribution is 7.13. The first-order valence-corrected chi connectivity index (χ1v) is 6.53. The van der Waals surface area contributed by atoms with Gasteiger partial charge in [0.25, 0.3) is 5.56 Å². The Labute approximate surface area is 111 Å². The summed E-state index contributed by atoms with van der Waals surface area (Å²) in [6, 6.07) is 5.21. The molecule has 19 heavy (non-hydrogen) atoms. The number of H-pyrrole nitrogens is 1. The van der Waals surface area contributed by atoms with Gasteiger partial charge < -0.3 is 5.10 Å². The molecular weight excluding hydrogens is 264 g/mol. The van der Waals surface area contributed by atoms with Gasteiger partial charge in [0.1, 0.15) is 11.1 Å². The molecule has 3 rings (SSSR count). The van der Waals surface area contributed by atoms with Gasteiger partial charge in [-0.25, -0.2) is 0 Å². The maximum Gasteiger partial charge on any atom is 0.277 e. The lowest BCUT2D eigenvalue weighted by atomic mass is 10.1. The lowest BCUT2D eigenvalue weighted by Gasteiger charge is -1.98. The third-order valence-electron chi connectivity index (χ3n) is 2.92. The van der Waals surface area contributed by atoms with E-state index in [2.05, 4.69) is 14.7 Å². The molecule has 0 aliphatic heterocycles. The van der Waals surface area contributed by atoms with E-state index < -0.39 is 0 Å². The Morgan fingerprint density at radius 2 is 2.26 bits per heavy atom. The van der Waals surface area contributed by atoms with Crippen LogP contribution in [0.25, 0.3) is 10.2 Å². The number of carbonyl (C=O) groups excluding carboxylic acids is 1. The summed E-state index contributed by atoms with van der Waals surface area (Å²) < 4.78 is 5.92. The predicted octanol–water partition coefficient (Wildman–Crippen LogP) is 1.43. The van der Waals surface area contributed by atoms with E-state index in [1.165, 1.54) is 10.9 Å². The highest BCUT2D eigenvalue weighted by atomic mass is 32.1. The summed E-state index contributed by atoms with van der Waals surface area (Å²) in [5.74, 6) is -0.301. The second kappa shape index (κ2) is 4.43. The highest BCUT2D eigenvalue weighted by Crippen LogP contribution is 2.22. The van der Waals surface area contributed by atoms with Crippen molar-refractivity contribution >= 4 is 27.5 Å². The molecule has 2 aromatic heterocycles. The fraction of sp³-hybridized carbons (Fsp3) is 0.167. The molecule has 96 valence electrons. The standard InChI is InChI=1S/C12H10N4O2S/c1-2-16-12(18)8(6-13-16)10(17)7-4-3-5-9-11(7)19-15-14-9/h3-6,13H,2H2,1H3. The van der Waals surface area contributed by atoms with Gasteiger partial charge in [-0.05, 0) is 30.6 Å². The fourth-order valence-electron chi connectivity index (χ4n) is 1.93. The van der Waals surface area contributed by atoms with Gasteiger partial charge >= 0.3 is 0 Å². The molecule has 1 N–H and O–H groups in total. The topological polar surface area (TPSA) is 80.6 Å². The molecule has 6 nitrogen and oxygen atoms in total. The minimum absolute atomic E-state index is 0.141. The summed E-state index contributed by atoms with van der Waals surface area (Å²) in [7, 11) is 0. The number of nitrogens with zero attached hydrogens (tertiary/aromatic N) is 3. The number of aromatic nitrogens is 4. The van der Waals surface area contributed by atoms with E-state index in [1.54, 1.807) is 18.2 Å². The highest BCUT2D eigenvalue weighted by Gasteiger charge is 2.19. The monoisotopic (exact) mass is 274 g/mol. The van der Waals surface area contributed by atoms with E-state index in [0.29, 0.717) is 22.3 Å². The summed E-state index contributed by atoms with van der Waals surface area (Å²) in [6.07, 6.45) is 1.45. The first-order valence-electron chi connectivity index (χ1n) is 5.76. The number of aryl methyl sites for hydroxylation is 1. The number of hydrogen-bond donors (Lipinski definition) is 1. The van der Waals surface area contributed by atoms with Gasteiger partial charge in [0.2, 0.25) is 5.78 Å². The minimum Gasteiger partial charge on any atom is -0.302 e. The van der Waals surface area contributed by atoms with Crippen molar-refractivity contribution in [1.82, 2.24) is 19.4 Å². The van der Waals surface area contributed by atoms with E-state index in [1.807, 2.05) is 6.92 Å². The zero-order valence-corrected chi connectivity index (χ0v) is 10.9. The van der Waals surface area contributed by atoms with Crippen LogP contribution < -0.4 is 5.56 Å². The Balaban J connectivity index is 2.16. The summed E-state index contributed by atoms with van der Waals surface area (Å²) in [6.45, 7) is 2.33. The van der Waals surface area contributed by atoms with Gasteiger partial charge in [-0.15, -0.1) is 5.10 Å². The maximum atomic E-state index is 12.4. The van der Waals surface area contributed by atoms with Crippen LogP contribution in [0.15, 0.2) is 29.2 Å². The van der Waals surface area contributed by atoms with Crippen LogP contribution in [0.5, 0.6) is 0 Å². The summed E-state index contributed by atoms with van der Waals surface area (Å²) in [5.41, 5.74) is 0.971. The summed E-state index contributed by atoms with van der Waals surface area (Å²) in [4.78, 5) is 24.4. The lowest BCUT2D eigenvalue weighted by Crippen LogP contribution is -2.21. The molecule has 7 heteroatoms. The molecule has 0 fully saturated rings. The van der Waals surface area contributed by atoms with Crippen molar-refractivity contribution in [1.29, 1.82) is 0 Å². The molecule has 0 atom stereocenters. The number of ketones is 1. The number of fused-ring (bicyclic) bond motifs is 1. The van der Waals surface area contributed by atoms with Gasteiger partial charge in [0.05, 0.1) is 4.70 Å². The summed E-state index contributed by atoms with van der Waals surface area (Å²) >= 11 is 1.15. The van der Waals surface area contributed by atoms with Gasteiger partial charge in [-0.2, -0.15) is 0 Å². The van der Waals surface area contributed by atoms with E-state index in [9.17, 15) is 9.59 Å². The molecule has 1 aromatic carbocycles. The smallest absolute Gasteiger partial charge is 0.277 e. The normalized spacial score (nSPS) is 11.0. The number of carbonyl (C=O) groups is 1. The predicted molar refractivity (Wildman–Crippen MR) is 71.6 cm³/mol. The SMILES string of the molecule is CCn1[nH]cc(C(=O)c2cccc3nnsc23)c1=O. The zero-order valence-electron chi connectivity index (χ0n) is 10.1. The quantitative estimate of drug-likeness (QED) is 0.733. The Morgan fingerprint density at radius 3 is 3.00 bits per heavy atom. The van der Waals surface area contributed by atoms with Crippen molar-refractivity contribution in [2.45, 2.75) is 13.5 Å². The third-order valence-corrected chi connectivity index (χ3v) is 3.70. The van der Waals surface area contributed by atoms with E-state index in [4.69, 9.17) is 0 Å². The van der Waals surface area contributed by atoms with Crippen molar-refractivity contribution in [3.63, 3.8) is 0 Å². The van der Waals surface area contributed by atoms with Gasteiger partial charge in [0.15, 0.2) is 0 Å². The van der Waals surface area contributed by atoms with Gasteiger partial charge in [-0.1, -0.05) is 10.6 Å². The molecule has 0 unspecified atom stereocenters. The molecule has 0 aliphatic carbocycles. The minimum atomic E-state index is -0.304. The molecular formula is C12H10N4O2S. The molecule has 0 saturated heterocycles. The van der Waals surface area contributed by atoms with Crippen LogP contribution in [0.4, 0.5) is 0 Å². The second-order valence-electron chi connectivity index (χ2n) is 3.99. The van der Waals surface area contributed by atoms with Gasteiger partial charge in [-0.3, -0.25) is 14.3 Å². The summed E-state index contributed by atoms with van der Waals surface area (Å²) in [5, 5.41) is 6.70. The van der Waals surface area contributed by atoms with Crippen LogP contribution in [0, 0.1) is 0 Å². The Hall–Kier alpha value is -2.28. The number of rotatable bonds is 3. The lowest BCUT2D eigenvalue weighted by molar-refractivity contribution is 0.103. The van der Waals surface area contributed by atoms with E-state index >= 15 is 0 Å². The maximum absolute atomic E-state index is 12.4. The first kappa shape index (κ1) is 11.8. The van der Waals surface area contributed by atoms with Gasteiger partial charge in [0, 0.05) is 18.3 Å². The van der Waals surface area contributed by atoms with Crippen molar-refractivity contribution < 1.29 is 4.79 Å². The molecule has 0 spiro atoms. The van der Waals surface area contributed by atoms with Crippen LogP contribution in [0.1, 0.15) is 22.8 Å². The fourth-order valence-corrected chi connectivity index (χ4v) is 2.61. The molecule has 0 bridgehead atoms. The molecule has 0 radical (unpaired) electrons. The third kappa shape index (κ3) is 1.78. The number of hydrogen-bond acceptors (Lipinski definition) is 5.